The van der Waals surface area contributed by atoms with Crippen LogP contribution in [0.25, 0.3) is 17.0 Å². The van der Waals surface area contributed by atoms with Crippen LogP contribution in [0.5, 0.6) is 0 Å². The molecule has 4 nitrogen and oxygen atoms in total. The Morgan fingerprint density at radius 3 is 2.52 bits per heavy atom. The average molecular weight is 331 g/mol. The number of carbonyl (C=O) groups is 1. The van der Waals surface area contributed by atoms with Crippen LogP contribution >= 0.6 is 0 Å². The zero-order chi connectivity index (χ0) is 17.1. The van der Waals surface area contributed by atoms with Crippen molar-refractivity contribution in [3.63, 3.8) is 0 Å². The summed E-state index contributed by atoms with van der Waals surface area (Å²) in [5, 5.41) is 1.08. The van der Waals surface area contributed by atoms with Gasteiger partial charge in [-0.1, -0.05) is 42.5 Å². The lowest BCUT2D eigenvalue weighted by molar-refractivity contribution is 0.0682. The first-order valence-corrected chi connectivity index (χ1v) is 8.64. The first-order valence-electron chi connectivity index (χ1n) is 8.64. The van der Waals surface area contributed by atoms with Gasteiger partial charge in [0, 0.05) is 37.8 Å². The van der Waals surface area contributed by atoms with Gasteiger partial charge in [-0.25, -0.2) is 0 Å². The van der Waals surface area contributed by atoms with Crippen LogP contribution in [0, 0.1) is 0 Å². The van der Waals surface area contributed by atoms with Gasteiger partial charge in [-0.2, -0.15) is 0 Å². The summed E-state index contributed by atoms with van der Waals surface area (Å²) < 4.78 is 0. The molecule has 4 heteroatoms. The molecule has 0 radical (unpaired) electrons. The van der Waals surface area contributed by atoms with Gasteiger partial charge >= 0.3 is 0 Å². The van der Waals surface area contributed by atoms with Crippen LogP contribution < -0.4 is 0 Å². The quantitative estimate of drug-likeness (QED) is 0.796. The maximum atomic E-state index is 12.9. The van der Waals surface area contributed by atoms with Crippen molar-refractivity contribution in [1.29, 1.82) is 0 Å². The number of aromatic nitrogens is 1. The Hall–Kier alpha value is -3.01. The highest BCUT2D eigenvalue weighted by Gasteiger charge is 2.22. The number of hydrogen-bond donors (Lipinski definition) is 1. The summed E-state index contributed by atoms with van der Waals surface area (Å²) in [6.45, 7) is 3.20. The van der Waals surface area contributed by atoms with Crippen LogP contribution in [-0.2, 0) is 0 Å². The molecule has 1 aliphatic rings. The number of amides is 1. The second-order valence-corrected chi connectivity index (χ2v) is 6.30. The molecule has 2 aromatic carbocycles. The number of benzene rings is 2. The molecule has 0 unspecified atom stereocenters. The van der Waals surface area contributed by atoms with E-state index in [9.17, 15) is 4.79 Å². The number of hydrogen-bond acceptors (Lipinski definition) is 2. The van der Waals surface area contributed by atoms with E-state index in [1.807, 2.05) is 53.6 Å². The lowest BCUT2D eigenvalue weighted by Crippen LogP contribution is -2.46. The Morgan fingerprint density at radius 2 is 1.72 bits per heavy atom. The number of H-pyrrole nitrogens is 1. The molecule has 25 heavy (non-hydrogen) atoms. The molecule has 1 fully saturated rings. The second-order valence-electron chi connectivity index (χ2n) is 6.30. The van der Waals surface area contributed by atoms with E-state index in [1.165, 1.54) is 5.56 Å². The summed E-state index contributed by atoms with van der Waals surface area (Å²) in [5.74, 6) is 0.111. The third kappa shape index (κ3) is 3.29. The third-order valence-corrected chi connectivity index (χ3v) is 4.70. The summed E-state index contributed by atoms with van der Waals surface area (Å²) >= 11 is 0. The summed E-state index contributed by atoms with van der Waals surface area (Å²) in [5.41, 5.74) is 2.88. The van der Waals surface area contributed by atoms with Crippen LogP contribution in [0.2, 0.25) is 0 Å². The standard InChI is InChI=1S/C21H21N3O/c25-21(19-8-4-7-18-9-11-22-20(18)19)24-15-13-23(14-16-24)12-10-17-5-2-1-3-6-17/h1-12,22H,13-16H2. The molecule has 2 heterocycles. The Labute approximate surface area is 147 Å². The number of aromatic amines is 1. The Kier molecular flexibility index (Phi) is 4.25. The first kappa shape index (κ1) is 15.5. The number of piperazine rings is 1. The van der Waals surface area contributed by atoms with E-state index in [0.717, 1.165) is 42.6 Å². The molecule has 0 atom stereocenters. The van der Waals surface area contributed by atoms with Crippen LogP contribution in [0.1, 0.15) is 15.9 Å². The molecular formula is C21H21N3O. The van der Waals surface area contributed by atoms with Crippen molar-refractivity contribution in [1.82, 2.24) is 14.8 Å². The molecule has 0 bridgehead atoms. The largest absolute Gasteiger partial charge is 0.374 e. The van der Waals surface area contributed by atoms with Crippen LogP contribution in [0.15, 0.2) is 67.0 Å². The maximum absolute atomic E-state index is 12.9. The van der Waals surface area contributed by atoms with Gasteiger partial charge in [0.05, 0.1) is 11.1 Å². The molecule has 126 valence electrons. The van der Waals surface area contributed by atoms with Gasteiger partial charge in [-0.05, 0) is 30.0 Å². The molecule has 0 saturated carbocycles. The fraction of sp³-hybridized carbons (Fsp3) is 0.190. The number of nitrogens with zero attached hydrogens (tertiary/aromatic N) is 2. The molecule has 3 aromatic rings. The van der Waals surface area contributed by atoms with Gasteiger partial charge in [0.1, 0.15) is 0 Å². The predicted molar refractivity (Wildman–Crippen MR) is 101 cm³/mol. The van der Waals surface area contributed by atoms with Crippen LogP contribution in [-0.4, -0.2) is 46.9 Å². The van der Waals surface area contributed by atoms with Crippen molar-refractivity contribution >= 4 is 22.9 Å². The van der Waals surface area contributed by atoms with Gasteiger partial charge in [0.25, 0.3) is 5.91 Å². The number of carbonyl (C=O) groups excluding carboxylic acids is 1. The molecule has 1 amide bonds. The Morgan fingerprint density at radius 1 is 0.920 bits per heavy atom. The van der Waals surface area contributed by atoms with E-state index >= 15 is 0 Å². The highest BCUT2D eigenvalue weighted by molar-refractivity contribution is 6.05. The van der Waals surface area contributed by atoms with Gasteiger partial charge in [0.2, 0.25) is 0 Å². The normalized spacial score (nSPS) is 15.2. The van der Waals surface area contributed by atoms with Crippen LogP contribution in [0.4, 0.5) is 0 Å². The second kappa shape index (κ2) is 6.85. The number of rotatable bonds is 3. The minimum Gasteiger partial charge on any atom is -0.374 e. The van der Waals surface area contributed by atoms with E-state index < -0.39 is 0 Å². The summed E-state index contributed by atoms with van der Waals surface area (Å²) in [7, 11) is 0. The molecule has 1 aromatic heterocycles. The molecule has 1 N–H and O–H groups in total. The number of para-hydroxylation sites is 1. The zero-order valence-electron chi connectivity index (χ0n) is 14.1. The average Bonchev–Trinajstić information content (AvgIpc) is 3.16. The molecule has 0 aliphatic carbocycles. The Balaban J connectivity index is 1.41. The SMILES string of the molecule is O=C(c1cccc2cc[nH]c12)N1CCN(C=Cc2ccccc2)CC1. The predicted octanol–water partition coefficient (Wildman–Crippen LogP) is 3.60. The van der Waals surface area contributed by atoms with Gasteiger partial charge in [-0.15, -0.1) is 0 Å². The van der Waals surface area contributed by atoms with E-state index in [0.29, 0.717) is 0 Å². The van der Waals surface area contributed by atoms with E-state index in [2.05, 4.69) is 34.3 Å². The smallest absolute Gasteiger partial charge is 0.256 e. The van der Waals surface area contributed by atoms with E-state index in [1.54, 1.807) is 0 Å². The first-order chi connectivity index (χ1) is 12.3. The maximum Gasteiger partial charge on any atom is 0.256 e. The molecule has 1 saturated heterocycles. The minimum absolute atomic E-state index is 0.111. The molecular weight excluding hydrogens is 310 g/mol. The highest BCUT2D eigenvalue weighted by atomic mass is 16.2. The monoisotopic (exact) mass is 331 g/mol. The Bertz CT molecular complexity index is 890. The topological polar surface area (TPSA) is 39.3 Å². The van der Waals surface area contributed by atoms with Gasteiger partial charge in [0.15, 0.2) is 0 Å². The molecule has 1 aliphatic heterocycles. The van der Waals surface area contributed by atoms with Crippen LogP contribution in [0.3, 0.4) is 0 Å². The van der Waals surface area contributed by atoms with Crippen molar-refractivity contribution in [3.8, 4) is 0 Å². The van der Waals surface area contributed by atoms with Gasteiger partial charge in [-0.3, -0.25) is 4.79 Å². The third-order valence-electron chi connectivity index (χ3n) is 4.70. The minimum atomic E-state index is 0.111. The fourth-order valence-corrected chi connectivity index (χ4v) is 3.26. The van der Waals surface area contributed by atoms with Crippen molar-refractivity contribution in [2.45, 2.75) is 0 Å². The highest BCUT2D eigenvalue weighted by Crippen LogP contribution is 2.19. The number of fused-ring (bicyclic) bond motifs is 1. The lowest BCUT2D eigenvalue weighted by Gasteiger charge is -2.34. The lowest BCUT2D eigenvalue weighted by atomic mass is 10.1. The summed E-state index contributed by atoms with van der Waals surface area (Å²) in [4.78, 5) is 20.3. The van der Waals surface area contributed by atoms with Gasteiger partial charge < -0.3 is 14.8 Å². The van der Waals surface area contributed by atoms with E-state index in [-0.39, 0.29) is 5.91 Å². The van der Waals surface area contributed by atoms with E-state index in [4.69, 9.17) is 0 Å². The summed E-state index contributed by atoms with van der Waals surface area (Å²) in [6.07, 6.45) is 6.13. The fourth-order valence-electron chi connectivity index (χ4n) is 3.26. The molecule has 4 rings (SSSR count). The summed E-state index contributed by atoms with van der Waals surface area (Å²) in [6, 6.07) is 18.2. The van der Waals surface area contributed by atoms with Crippen molar-refractivity contribution in [2.75, 3.05) is 26.2 Å². The van der Waals surface area contributed by atoms with Crippen molar-refractivity contribution < 1.29 is 4.79 Å². The molecule has 0 spiro atoms. The van der Waals surface area contributed by atoms with Crippen molar-refractivity contribution in [2.24, 2.45) is 0 Å². The number of nitrogens with one attached hydrogen (secondary N) is 1. The zero-order valence-corrected chi connectivity index (χ0v) is 14.1. The van der Waals surface area contributed by atoms with Crippen molar-refractivity contribution in [3.05, 3.63) is 78.1 Å².